The quantitative estimate of drug-likeness (QED) is 0.619. The SMILES string of the molecule is CC1=C2N=S=NC2=C(C)C(N)C1=[N-]. The highest BCUT2D eigenvalue weighted by molar-refractivity contribution is 7.57. The number of hydrogen-bond acceptors (Lipinski definition) is 3. The van der Waals surface area contributed by atoms with Crippen LogP contribution in [0.15, 0.2) is 31.3 Å². The second kappa shape index (κ2) is 2.71. The van der Waals surface area contributed by atoms with Crippen molar-refractivity contribution in [2.45, 2.75) is 19.9 Å². The van der Waals surface area contributed by atoms with Crippen molar-refractivity contribution < 1.29 is 0 Å². The first-order valence-electron chi connectivity index (χ1n) is 3.95. The van der Waals surface area contributed by atoms with Crippen molar-refractivity contribution in [1.29, 1.82) is 0 Å². The average Bonchev–Trinajstić information content (AvgIpc) is 2.59. The van der Waals surface area contributed by atoms with Gasteiger partial charge in [-0.2, -0.15) is 14.4 Å². The van der Waals surface area contributed by atoms with Crippen LogP contribution in [0.4, 0.5) is 0 Å². The molecule has 1 atom stereocenters. The Balaban J connectivity index is 2.66. The Kier molecular flexibility index (Phi) is 1.78. The highest BCUT2D eigenvalue weighted by atomic mass is 32.1. The monoisotopic (exact) mass is 193 g/mol. The molecule has 13 heavy (non-hydrogen) atoms. The summed E-state index contributed by atoms with van der Waals surface area (Å²) in [7, 11) is 0. The summed E-state index contributed by atoms with van der Waals surface area (Å²) in [6.45, 7) is 3.68. The summed E-state index contributed by atoms with van der Waals surface area (Å²) in [6.07, 6.45) is 0. The third-order valence-electron chi connectivity index (χ3n) is 2.36. The fourth-order valence-corrected chi connectivity index (χ4v) is 2.06. The van der Waals surface area contributed by atoms with Crippen LogP contribution in [0.1, 0.15) is 13.8 Å². The summed E-state index contributed by atoms with van der Waals surface area (Å²) in [6, 6.07) is -0.420. The molecule has 0 spiro atoms. The third kappa shape index (κ3) is 1.04. The summed E-state index contributed by atoms with van der Waals surface area (Å²) in [4.78, 5) is 0. The lowest BCUT2D eigenvalue weighted by molar-refractivity contribution is 0.950. The molecule has 0 radical (unpaired) electrons. The molecule has 0 amide bonds. The van der Waals surface area contributed by atoms with Crippen molar-refractivity contribution in [3.8, 4) is 0 Å². The largest absolute Gasteiger partial charge is 0.806 e. The van der Waals surface area contributed by atoms with Crippen LogP contribution < -0.4 is 5.73 Å². The van der Waals surface area contributed by atoms with Crippen molar-refractivity contribution in [2.24, 2.45) is 14.5 Å². The summed E-state index contributed by atoms with van der Waals surface area (Å²) < 4.78 is 8.25. The Bertz CT molecular complexity index is 423. The predicted molar refractivity (Wildman–Crippen MR) is 54.0 cm³/mol. The van der Waals surface area contributed by atoms with Crippen molar-refractivity contribution >= 4 is 17.1 Å². The van der Waals surface area contributed by atoms with Gasteiger partial charge < -0.3 is 11.1 Å². The normalized spacial score (nSPS) is 26.7. The molecule has 0 aromatic heterocycles. The van der Waals surface area contributed by atoms with E-state index in [9.17, 15) is 5.41 Å². The summed E-state index contributed by atoms with van der Waals surface area (Å²) in [5.74, 6) is 0. The molecule has 0 aromatic rings. The van der Waals surface area contributed by atoms with Gasteiger partial charge in [-0.1, -0.05) is 0 Å². The van der Waals surface area contributed by atoms with Gasteiger partial charge in [-0.25, -0.2) is 0 Å². The van der Waals surface area contributed by atoms with Gasteiger partial charge in [0, 0.05) is 6.04 Å². The second-order valence-electron chi connectivity index (χ2n) is 3.13. The van der Waals surface area contributed by atoms with E-state index in [4.69, 9.17) is 5.73 Å². The van der Waals surface area contributed by atoms with Gasteiger partial charge in [0.15, 0.2) is 0 Å². The van der Waals surface area contributed by atoms with Crippen LogP contribution in [-0.2, 0) is 11.4 Å². The molecule has 1 aliphatic carbocycles. The lowest BCUT2D eigenvalue weighted by Crippen LogP contribution is -2.35. The van der Waals surface area contributed by atoms with Crippen molar-refractivity contribution in [3.05, 3.63) is 27.9 Å². The Hall–Kier alpha value is -1.07. The van der Waals surface area contributed by atoms with Crippen LogP contribution in [0.3, 0.4) is 0 Å². The smallest absolute Gasteiger partial charge is 0.106 e. The Morgan fingerprint density at radius 2 is 1.92 bits per heavy atom. The first-order chi connectivity index (χ1) is 6.13. The first-order valence-corrected chi connectivity index (χ1v) is 4.68. The van der Waals surface area contributed by atoms with E-state index in [0.717, 1.165) is 33.9 Å². The van der Waals surface area contributed by atoms with Gasteiger partial charge in [-0.15, -0.1) is 0 Å². The van der Waals surface area contributed by atoms with Crippen LogP contribution in [0.25, 0.3) is 5.41 Å². The van der Waals surface area contributed by atoms with E-state index < -0.39 is 6.04 Å². The van der Waals surface area contributed by atoms with E-state index in [1.165, 1.54) is 0 Å². The molecule has 0 saturated heterocycles. The molecule has 2 aliphatic rings. The summed E-state index contributed by atoms with van der Waals surface area (Å²) >= 11 is 1.15. The molecule has 1 unspecified atom stereocenters. The maximum Gasteiger partial charge on any atom is 0.106 e. The minimum absolute atomic E-state index is 0.206. The first kappa shape index (κ1) is 8.52. The van der Waals surface area contributed by atoms with Crippen LogP contribution in [0.2, 0.25) is 0 Å². The predicted octanol–water partition coefficient (Wildman–Crippen LogP) is 1.35. The number of nitrogens with two attached hydrogens (primary N) is 1. The lowest BCUT2D eigenvalue weighted by atomic mass is 9.90. The zero-order valence-corrected chi connectivity index (χ0v) is 8.22. The molecule has 2 rings (SSSR count). The zero-order chi connectivity index (χ0) is 9.59. The van der Waals surface area contributed by atoms with Crippen LogP contribution in [0.5, 0.6) is 0 Å². The molecule has 0 bridgehead atoms. The molecular weight excluding hydrogens is 184 g/mol. The average molecular weight is 193 g/mol. The maximum atomic E-state index is 9.65. The van der Waals surface area contributed by atoms with Gasteiger partial charge in [0.05, 0.1) is 11.4 Å². The van der Waals surface area contributed by atoms with E-state index >= 15 is 0 Å². The minimum Gasteiger partial charge on any atom is -0.806 e. The Morgan fingerprint density at radius 1 is 1.31 bits per heavy atom. The molecule has 68 valence electrons. The molecular formula is C8H9N4S-. The van der Waals surface area contributed by atoms with E-state index in [-0.39, 0.29) is 5.71 Å². The third-order valence-corrected chi connectivity index (χ3v) is 2.89. The van der Waals surface area contributed by atoms with E-state index in [1.807, 2.05) is 13.8 Å². The number of fused-ring (bicyclic) bond motifs is 1. The number of nitrogens with zero attached hydrogens (tertiary/aromatic N) is 3. The highest BCUT2D eigenvalue weighted by Gasteiger charge is 2.24. The van der Waals surface area contributed by atoms with Gasteiger partial charge in [0.25, 0.3) is 0 Å². The molecule has 1 heterocycles. The van der Waals surface area contributed by atoms with E-state index in [1.54, 1.807) is 0 Å². The van der Waals surface area contributed by atoms with Crippen LogP contribution in [-0.4, -0.2) is 11.8 Å². The second-order valence-corrected chi connectivity index (χ2v) is 3.66. The molecule has 1 aliphatic heterocycles. The number of rotatable bonds is 0. The molecule has 2 N–H and O–H groups in total. The molecule has 5 heteroatoms. The molecule has 4 nitrogen and oxygen atoms in total. The fraction of sp³-hybridized carbons (Fsp3) is 0.375. The van der Waals surface area contributed by atoms with Crippen molar-refractivity contribution in [1.82, 2.24) is 0 Å². The maximum absolute atomic E-state index is 9.65. The lowest BCUT2D eigenvalue weighted by Gasteiger charge is -2.28. The van der Waals surface area contributed by atoms with E-state index in [2.05, 4.69) is 8.73 Å². The zero-order valence-electron chi connectivity index (χ0n) is 7.40. The van der Waals surface area contributed by atoms with Crippen LogP contribution >= 0.6 is 0 Å². The van der Waals surface area contributed by atoms with E-state index in [0.29, 0.717) is 0 Å². The van der Waals surface area contributed by atoms with Gasteiger partial charge >= 0.3 is 0 Å². The summed E-state index contributed by atoms with van der Waals surface area (Å²) in [5, 5.41) is 9.65. The number of hydrogen-bond donors (Lipinski definition) is 1. The van der Waals surface area contributed by atoms with Gasteiger partial charge in [0.2, 0.25) is 0 Å². The minimum atomic E-state index is -0.420. The molecule has 0 aromatic carbocycles. The highest BCUT2D eigenvalue weighted by Crippen LogP contribution is 2.31. The van der Waals surface area contributed by atoms with Gasteiger partial charge in [-0.3, -0.25) is 0 Å². The fourth-order valence-electron chi connectivity index (χ4n) is 1.40. The molecule has 0 saturated carbocycles. The Morgan fingerprint density at radius 3 is 2.62 bits per heavy atom. The Labute approximate surface area is 79.9 Å². The van der Waals surface area contributed by atoms with Crippen molar-refractivity contribution in [2.75, 3.05) is 0 Å². The van der Waals surface area contributed by atoms with Crippen LogP contribution in [0, 0.1) is 0 Å². The topological polar surface area (TPSA) is 73.0 Å². The van der Waals surface area contributed by atoms with Crippen molar-refractivity contribution in [3.63, 3.8) is 0 Å². The molecule has 0 fully saturated rings. The van der Waals surface area contributed by atoms with Gasteiger partial charge in [0.1, 0.15) is 11.4 Å². The van der Waals surface area contributed by atoms with Gasteiger partial charge in [-0.05, 0) is 25.0 Å². The summed E-state index contributed by atoms with van der Waals surface area (Å²) in [5.41, 5.74) is 9.20. The standard InChI is InChI=1S/C8H9N4S/c1-3-5(9)6(10)4(2)8-7(3)11-13-12-8/h5H,9H2,1-2H3/q-1.